The third kappa shape index (κ3) is 5.71. The van der Waals surface area contributed by atoms with Gasteiger partial charge in [0.1, 0.15) is 0 Å². The minimum atomic E-state index is -0.195. The first-order valence-corrected chi connectivity index (χ1v) is 11.9. The summed E-state index contributed by atoms with van der Waals surface area (Å²) in [6.07, 6.45) is 3.11. The van der Waals surface area contributed by atoms with Crippen molar-refractivity contribution in [3.8, 4) is 0 Å². The predicted octanol–water partition coefficient (Wildman–Crippen LogP) is 7.58. The summed E-state index contributed by atoms with van der Waals surface area (Å²) < 4.78 is 0. The molecule has 0 saturated heterocycles. The summed E-state index contributed by atoms with van der Waals surface area (Å²) in [6.45, 7) is 4.75. The van der Waals surface area contributed by atoms with E-state index in [0.29, 0.717) is 12.1 Å². The lowest BCUT2D eigenvalue weighted by Crippen LogP contribution is -2.37. The fourth-order valence-electron chi connectivity index (χ4n) is 4.30. The van der Waals surface area contributed by atoms with Gasteiger partial charge in [-0.15, -0.1) is 0 Å². The Morgan fingerprint density at radius 1 is 0.735 bits per heavy atom. The molecule has 2 nitrogen and oxygen atoms in total. The zero-order chi connectivity index (χ0) is 23.8. The molecule has 0 aromatic heterocycles. The van der Waals surface area contributed by atoms with E-state index in [-0.39, 0.29) is 11.9 Å². The van der Waals surface area contributed by atoms with Crippen molar-refractivity contribution in [2.45, 2.75) is 26.3 Å². The molecule has 1 amide bonds. The second-order valence-electron chi connectivity index (χ2n) is 8.61. The lowest BCUT2D eigenvalue weighted by atomic mass is 9.95. The lowest BCUT2D eigenvalue weighted by molar-refractivity contribution is 0.0724. The number of rotatable bonds is 8. The van der Waals surface area contributed by atoms with Crippen LogP contribution in [0.2, 0.25) is 0 Å². The Kier molecular flexibility index (Phi) is 7.72. The van der Waals surface area contributed by atoms with Crippen molar-refractivity contribution in [1.82, 2.24) is 4.90 Å². The van der Waals surface area contributed by atoms with Gasteiger partial charge in [0.05, 0.1) is 6.04 Å². The maximum Gasteiger partial charge on any atom is 0.254 e. The van der Waals surface area contributed by atoms with Crippen LogP contribution in [-0.4, -0.2) is 17.4 Å². The summed E-state index contributed by atoms with van der Waals surface area (Å²) in [5.41, 5.74) is 6.39. The predicted molar refractivity (Wildman–Crippen MR) is 142 cm³/mol. The van der Waals surface area contributed by atoms with Gasteiger partial charge in [-0.1, -0.05) is 122 Å². The highest BCUT2D eigenvalue weighted by atomic mass is 16.2. The van der Waals surface area contributed by atoms with Crippen LogP contribution in [0.3, 0.4) is 0 Å². The van der Waals surface area contributed by atoms with Crippen LogP contribution in [0.4, 0.5) is 0 Å². The molecular weight excluding hydrogens is 414 g/mol. The molecule has 0 spiro atoms. The van der Waals surface area contributed by atoms with Crippen molar-refractivity contribution in [1.29, 1.82) is 0 Å². The highest BCUT2D eigenvalue weighted by molar-refractivity contribution is 5.95. The van der Waals surface area contributed by atoms with Gasteiger partial charge in [-0.05, 0) is 47.7 Å². The molecule has 34 heavy (non-hydrogen) atoms. The fourth-order valence-corrected chi connectivity index (χ4v) is 4.30. The number of amides is 1. The number of carbonyl (C=O) groups is 1. The van der Waals surface area contributed by atoms with Crippen LogP contribution in [0, 0.1) is 0 Å². The van der Waals surface area contributed by atoms with Crippen LogP contribution in [0.5, 0.6) is 0 Å². The molecule has 0 saturated carbocycles. The number of carbonyl (C=O) groups excluding carboxylic acids is 1. The molecule has 4 rings (SSSR count). The number of aryl methyl sites for hydroxylation is 1. The Balaban J connectivity index is 1.78. The maximum absolute atomic E-state index is 14.0. The summed E-state index contributed by atoms with van der Waals surface area (Å²) in [5.74, 6) is 0.0289. The van der Waals surface area contributed by atoms with Crippen LogP contribution in [-0.2, 0) is 6.42 Å². The zero-order valence-electron chi connectivity index (χ0n) is 19.9. The molecule has 0 heterocycles. The van der Waals surface area contributed by atoms with Crippen LogP contribution in [0.25, 0.3) is 6.08 Å². The highest BCUT2D eigenvalue weighted by Crippen LogP contribution is 2.31. The van der Waals surface area contributed by atoms with Crippen molar-refractivity contribution >= 4 is 12.0 Å². The normalized spacial score (nSPS) is 11.4. The van der Waals surface area contributed by atoms with E-state index in [1.165, 1.54) is 5.56 Å². The molecule has 0 fully saturated rings. The van der Waals surface area contributed by atoms with Gasteiger partial charge in [-0.3, -0.25) is 4.79 Å². The Bertz CT molecular complexity index is 1170. The summed E-state index contributed by atoms with van der Waals surface area (Å²) >= 11 is 0. The van der Waals surface area contributed by atoms with Crippen molar-refractivity contribution < 1.29 is 4.79 Å². The third-order valence-corrected chi connectivity index (χ3v) is 6.04. The monoisotopic (exact) mass is 445 g/mol. The fraction of sp³-hybridized carbons (Fsp3) is 0.156. The molecule has 0 radical (unpaired) electrons. The Morgan fingerprint density at radius 3 is 1.74 bits per heavy atom. The van der Waals surface area contributed by atoms with Crippen molar-refractivity contribution in [3.05, 3.63) is 149 Å². The first-order chi connectivity index (χ1) is 16.7. The molecule has 0 unspecified atom stereocenters. The van der Waals surface area contributed by atoms with Gasteiger partial charge in [0, 0.05) is 12.1 Å². The van der Waals surface area contributed by atoms with Crippen LogP contribution in [0.15, 0.2) is 121 Å². The number of hydrogen-bond donors (Lipinski definition) is 0. The topological polar surface area (TPSA) is 20.3 Å². The first-order valence-electron chi connectivity index (χ1n) is 11.9. The summed E-state index contributed by atoms with van der Waals surface area (Å²) in [5, 5.41) is 0. The molecule has 0 N–H and O–H groups in total. The van der Waals surface area contributed by atoms with Crippen molar-refractivity contribution in [2.75, 3.05) is 6.54 Å². The van der Waals surface area contributed by atoms with E-state index in [2.05, 4.69) is 68.5 Å². The minimum absolute atomic E-state index is 0.0289. The molecule has 0 bridgehead atoms. The smallest absolute Gasteiger partial charge is 0.254 e. The zero-order valence-corrected chi connectivity index (χ0v) is 19.9. The van der Waals surface area contributed by atoms with Gasteiger partial charge in [0.15, 0.2) is 0 Å². The maximum atomic E-state index is 14.0. The molecule has 0 aliphatic rings. The molecule has 0 aliphatic heterocycles. The second kappa shape index (κ2) is 11.3. The van der Waals surface area contributed by atoms with E-state index in [1.807, 2.05) is 71.6 Å². The van der Waals surface area contributed by atoms with E-state index < -0.39 is 0 Å². The number of nitrogens with zero attached hydrogens (tertiary/aromatic N) is 1. The highest BCUT2D eigenvalue weighted by Gasteiger charge is 2.27. The van der Waals surface area contributed by atoms with Gasteiger partial charge in [0.25, 0.3) is 5.91 Å². The summed E-state index contributed by atoms with van der Waals surface area (Å²) in [4.78, 5) is 16.0. The van der Waals surface area contributed by atoms with Crippen LogP contribution < -0.4 is 0 Å². The minimum Gasteiger partial charge on any atom is -0.324 e. The van der Waals surface area contributed by atoms with E-state index >= 15 is 0 Å². The average Bonchev–Trinajstić information content (AvgIpc) is 2.90. The van der Waals surface area contributed by atoms with Gasteiger partial charge >= 0.3 is 0 Å². The Labute approximate surface area is 203 Å². The molecule has 2 heteroatoms. The second-order valence-corrected chi connectivity index (χ2v) is 8.61. The summed E-state index contributed by atoms with van der Waals surface area (Å²) in [7, 11) is 0. The summed E-state index contributed by atoms with van der Waals surface area (Å²) in [6, 6.07) is 38.7. The van der Waals surface area contributed by atoms with Crippen LogP contribution in [0.1, 0.15) is 52.5 Å². The molecule has 4 aromatic carbocycles. The van der Waals surface area contributed by atoms with E-state index in [9.17, 15) is 4.79 Å². The molecule has 0 aliphatic carbocycles. The van der Waals surface area contributed by atoms with Crippen LogP contribution >= 0.6 is 0 Å². The number of hydrogen-bond acceptors (Lipinski definition) is 1. The van der Waals surface area contributed by atoms with Gasteiger partial charge in [-0.25, -0.2) is 0 Å². The third-order valence-electron chi connectivity index (χ3n) is 6.04. The molecule has 0 atom stereocenters. The Hall–Kier alpha value is -3.91. The molecular formula is C32H31NO. The first kappa shape index (κ1) is 23.3. The van der Waals surface area contributed by atoms with Crippen molar-refractivity contribution in [3.63, 3.8) is 0 Å². The quantitative estimate of drug-likeness (QED) is 0.274. The largest absolute Gasteiger partial charge is 0.324 e. The standard InChI is InChI=1S/C32H31NO/c1-3-26-19-21-30(22-20-26)32(34)33(24-25(2)23-27-13-7-4-8-14-27)31(28-15-9-5-10-16-28)29-17-11-6-12-18-29/h4-23,31H,3,24H2,1-2H3/b25-23-. The number of benzene rings is 4. The van der Waals surface area contributed by atoms with E-state index in [1.54, 1.807) is 0 Å². The van der Waals surface area contributed by atoms with Gasteiger partial charge < -0.3 is 4.90 Å². The SMILES string of the molecule is CCc1ccc(C(=O)N(C/C(C)=C\c2ccccc2)C(c2ccccc2)c2ccccc2)cc1. The average molecular weight is 446 g/mol. The van der Waals surface area contributed by atoms with E-state index in [4.69, 9.17) is 0 Å². The van der Waals surface area contributed by atoms with Crippen molar-refractivity contribution in [2.24, 2.45) is 0 Å². The van der Waals surface area contributed by atoms with Gasteiger partial charge in [-0.2, -0.15) is 0 Å². The molecule has 170 valence electrons. The van der Waals surface area contributed by atoms with Gasteiger partial charge in [0.2, 0.25) is 0 Å². The van der Waals surface area contributed by atoms with E-state index in [0.717, 1.165) is 28.7 Å². The lowest BCUT2D eigenvalue weighted by Gasteiger charge is -2.33. The molecule has 4 aromatic rings. The Morgan fingerprint density at radius 2 is 1.24 bits per heavy atom.